The van der Waals surface area contributed by atoms with Crippen molar-refractivity contribution in [3.63, 3.8) is 0 Å². The van der Waals surface area contributed by atoms with Crippen LogP contribution < -0.4 is 5.73 Å². The maximum atomic E-state index is 6.11. The fourth-order valence-corrected chi connectivity index (χ4v) is 2.85. The van der Waals surface area contributed by atoms with E-state index in [9.17, 15) is 0 Å². The van der Waals surface area contributed by atoms with E-state index in [-0.39, 0.29) is 12.1 Å². The van der Waals surface area contributed by atoms with Crippen molar-refractivity contribution in [1.29, 1.82) is 0 Å². The molecule has 1 aliphatic rings. The van der Waals surface area contributed by atoms with Crippen LogP contribution >= 0.6 is 27.5 Å². The molecule has 1 aromatic carbocycles. The van der Waals surface area contributed by atoms with Crippen molar-refractivity contribution in [3.8, 4) is 0 Å². The molecule has 4 heteroatoms. The third-order valence-corrected chi connectivity index (χ3v) is 3.93. The van der Waals surface area contributed by atoms with E-state index < -0.39 is 0 Å². The SMILES string of the molecule is CN1CCC(N)C1c1cc(Cl)ccc1Br. The molecule has 0 aliphatic carbocycles. The van der Waals surface area contributed by atoms with Crippen LogP contribution in [0, 0.1) is 0 Å². The van der Waals surface area contributed by atoms with Crippen molar-refractivity contribution < 1.29 is 0 Å². The van der Waals surface area contributed by atoms with Crippen LogP contribution in [-0.4, -0.2) is 24.5 Å². The second-order valence-electron chi connectivity index (χ2n) is 4.04. The zero-order valence-corrected chi connectivity index (χ0v) is 10.9. The molecule has 1 aromatic rings. The minimum absolute atomic E-state index is 0.199. The van der Waals surface area contributed by atoms with Crippen molar-refractivity contribution in [2.24, 2.45) is 5.73 Å². The minimum atomic E-state index is 0.199. The molecule has 0 amide bonds. The third-order valence-electron chi connectivity index (χ3n) is 2.97. The average Bonchev–Trinajstić information content (AvgIpc) is 2.51. The Kier molecular flexibility index (Phi) is 3.36. The molecule has 2 atom stereocenters. The summed E-state index contributed by atoms with van der Waals surface area (Å²) in [6.07, 6.45) is 1.04. The fraction of sp³-hybridized carbons (Fsp3) is 0.455. The van der Waals surface area contributed by atoms with Gasteiger partial charge in [0.15, 0.2) is 0 Å². The first-order chi connectivity index (χ1) is 7.09. The summed E-state index contributed by atoms with van der Waals surface area (Å²) < 4.78 is 1.08. The Bertz CT molecular complexity index is 360. The Morgan fingerprint density at radius 1 is 1.53 bits per heavy atom. The predicted octanol–water partition coefficient (Wildman–Crippen LogP) is 2.81. The number of likely N-dealkylation sites (N-methyl/N-ethyl adjacent to an activating group) is 1. The molecular weight excluding hydrogens is 275 g/mol. The Balaban J connectivity index is 2.39. The molecule has 1 aliphatic heterocycles. The van der Waals surface area contributed by atoms with Crippen molar-refractivity contribution >= 4 is 27.5 Å². The lowest BCUT2D eigenvalue weighted by atomic mass is 10.0. The first-order valence-electron chi connectivity index (χ1n) is 5.00. The van der Waals surface area contributed by atoms with Gasteiger partial charge in [0.2, 0.25) is 0 Å². The lowest BCUT2D eigenvalue weighted by molar-refractivity contribution is 0.303. The van der Waals surface area contributed by atoms with Crippen LogP contribution in [0.25, 0.3) is 0 Å². The number of hydrogen-bond donors (Lipinski definition) is 1. The predicted molar refractivity (Wildman–Crippen MR) is 67.1 cm³/mol. The molecule has 1 saturated heterocycles. The number of halogens is 2. The van der Waals surface area contributed by atoms with Gasteiger partial charge in [0, 0.05) is 22.1 Å². The van der Waals surface area contributed by atoms with E-state index in [2.05, 4.69) is 27.9 Å². The lowest BCUT2D eigenvalue weighted by Crippen LogP contribution is -2.29. The van der Waals surface area contributed by atoms with Gasteiger partial charge < -0.3 is 5.73 Å². The monoisotopic (exact) mass is 288 g/mol. The molecule has 2 nitrogen and oxygen atoms in total. The molecule has 0 spiro atoms. The summed E-state index contributed by atoms with van der Waals surface area (Å²) in [7, 11) is 2.10. The summed E-state index contributed by atoms with van der Waals surface area (Å²) in [6, 6.07) is 6.34. The fourth-order valence-electron chi connectivity index (χ4n) is 2.19. The van der Waals surface area contributed by atoms with Crippen LogP contribution in [-0.2, 0) is 0 Å². The summed E-state index contributed by atoms with van der Waals surface area (Å²) in [5.41, 5.74) is 7.30. The second kappa shape index (κ2) is 4.42. The largest absolute Gasteiger partial charge is 0.326 e. The van der Waals surface area contributed by atoms with Gasteiger partial charge in [-0.2, -0.15) is 0 Å². The quantitative estimate of drug-likeness (QED) is 0.861. The van der Waals surface area contributed by atoms with Gasteiger partial charge in [0.25, 0.3) is 0 Å². The zero-order chi connectivity index (χ0) is 11.0. The number of hydrogen-bond acceptors (Lipinski definition) is 2. The van der Waals surface area contributed by atoms with Gasteiger partial charge in [0.05, 0.1) is 6.04 Å². The Hall–Kier alpha value is -0.0900. The molecule has 0 saturated carbocycles. The number of benzene rings is 1. The molecule has 1 heterocycles. The van der Waals surface area contributed by atoms with Gasteiger partial charge in [-0.25, -0.2) is 0 Å². The van der Waals surface area contributed by atoms with Crippen molar-refractivity contribution in [1.82, 2.24) is 4.90 Å². The number of likely N-dealkylation sites (tertiary alicyclic amines) is 1. The van der Waals surface area contributed by atoms with E-state index in [4.69, 9.17) is 17.3 Å². The van der Waals surface area contributed by atoms with E-state index >= 15 is 0 Å². The summed E-state index contributed by atoms with van der Waals surface area (Å²) >= 11 is 9.57. The highest BCUT2D eigenvalue weighted by Gasteiger charge is 2.31. The van der Waals surface area contributed by atoms with E-state index in [0.29, 0.717) is 0 Å². The smallest absolute Gasteiger partial charge is 0.0508 e. The summed E-state index contributed by atoms with van der Waals surface area (Å²) in [6.45, 7) is 1.05. The Labute approximate surface area is 104 Å². The Morgan fingerprint density at radius 3 is 2.87 bits per heavy atom. The van der Waals surface area contributed by atoms with E-state index in [0.717, 1.165) is 22.5 Å². The van der Waals surface area contributed by atoms with Gasteiger partial charge in [-0.05, 0) is 37.2 Å². The molecule has 82 valence electrons. The second-order valence-corrected chi connectivity index (χ2v) is 5.33. The van der Waals surface area contributed by atoms with Crippen LogP contribution in [0.3, 0.4) is 0 Å². The Morgan fingerprint density at radius 2 is 2.27 bits per heavy atom. The maximum Gasteiger partial charge on any atom is 0.0508 e. The zero-order valence-electron chi connectivity index (χ0n) is 8.58. The third kappa shape index (κ3) is 2.21. The minimum Gasteiger partial charge on any atom is -0.326 e. The van der Waals surface area contributed by atoms with Crippen LogP contribution in [0.15, 0.2) is 22.7 Å². The van der Waals surface area contributed by atoms with Crippen molar-refractivity contribution in [3.05, 3.63) is 33.3 Å². The van der Waals surface area contributed by atoms with E-state index in [1.54, 1.807) is 0 Å². The maximum absolute atomic E-state index is 6.11. The standard InChI is InChI=1S/C11H14BrClN2/c1-15-5-4-10(14)11(15)8-6-7(13)2-3-9(8)12/h2-3,6,10-11H,4-5,14H2,1H3. The molecule has 0 bridgehead atoms. The number of nitrogens with zero attached hydrogens (tertiary/aromatic N) is 1. The molecule has 0 aromatic heterocycles. The van der Waals surface area contributed by atoms with Crippen LogP contribution in [0.2, 0.25) is 5.02 Å². The number of nitrogens with two attached hydrogens (primary N) is 1. The first-order valence-corrected chi connectivity index (χ1v) is 6.17. The lowest BCUT2D eigenvalue weighted by Gasteiger charge is -2.24. The normalized spacial score (nSPS) is 27.2. The van der Waals surface area contributed by atoms with Crippen molar-refractivity contribution in [2.75, 3.05) is 13.6 Å². The summed E-state index contributed by atoms with van der Waals surface area (Å²) in [4.78, 5) is 2.28. The number of rotatable bonds is 1. The van der Waals surface area contributed by atoms with E-state index in [1.807, 2.05) is 18.2 Å². The van der Waals surface area contributed by atoms with Gasteiger partial charge in [-0.1, -0.05) is 27.5 Å². The van der Waals surface area contributed by atoms with E-state index in [1.165, 1.54) is 5.56 Å². The van der Waals surface area contributed by atoms with Crippen LogP contribution in [0.1, 0.15) is 18.0 Å². The molecule has 15 heavy (non-hydrogen) atoms. The van der Waals surface area contributed by atoms with Gasteiger partial charge in [0.1, 0.15) is 0 Å². The molecule has 2 unspecified atom stereocenters. The molecule has 1 fully saturated rings. The van der Waals surface area contributed by atoms with Gasteiger partial charge in [-0.3, -0.25) is 4.90 Å². The van der Waals surface area contributed by atoms with Gasteiger partial charge >= 0.3 is 0 Å². The van der Waals surface area contributed by atoms with Gasteiger partial charge in [-0.15, -0.1) is 0 Å². The first kappa shape index (κ1) is 11.4. The average molecular weight is 290 g/mol. The van der Waals surface area contributed by atoms with Crippen LogP contribution in [0.5, 0.6) is 0 Å². The highest BCUT2D eigenvalue weighted by atomic mass is 79.9. The van der Waals surface area contributed by atoms with Crippen molar-refractivity contribution in [2.45, 2.75) is 18.5 Å². The van der Waals surface area contributed by atoms with Crippen LogP contribution in [0.4, 0.5) is 0 Å². The highest BCUT2D eigenvalue weighted by molar-refractivity contribution is 9.10. The highest BCUT2D eigenvalue weighted by Crippen LogP contribution is 2.35. The molecule has 2 rings (SSSR count). The molecule has 2 N–H and O–H groups in total. The molecular formula is C11H14BrClN2. The topological polar surface area (TPSA) is 29.3 Å². The molecule has 0 radical (unpaired) electrons. The summed E-state index contributed by atoms with van der Waals surface area (Å²) in [5.74, 6) is 0. The summed E-state index contributed by atoms with van der Waals surface area (Å²) in [5, 5.41) is 0.765.